The van der Waals surface area contributed by atoms with E-state index in [0.717, 1.165) is 0 Å². The van der Waals surface area contributed by atoms with Crippen LogP contribution in [0.25, 0.3) is 0 Å². The highest BCUT2D eigenvalue weighted by molar-refractivity contribution is 5.82. The molecule has 0 aliphatic carbocycles. The number of rotatable bonds is 4. The molecule has 0 aliphatic rings. The van der Waals surface area contributed by atoms with Crippen LogP contribution in [-0.2, 0) is 14.3 Å². The van der Waals surface area contributed by atoms with E-state index in [1.807, 2.05) is 0 Å². The fourth-order valence-corrected chi connectivity index (χ4v) is 0.823. The number of aliphatic carboxylic acids is 1. The summed E-state index contributed by atoms with van der Waals surface area (Å²) in [6.07, 6.45) is 1.58. The Hall–Kier alpha value is -1.66. The van der Waals surface area contributed by atoms with Gasteiger partial charge in [-0.15, -0.1) is 0 Å². The first-order chi connectivity index (χ1) is 8.85. The number of carboxylic acids is 1. The molecule has 6 nitrogen and oxygen atoms in total. The Morgan fingerprint density at radius 2 is 1.55 bits per heavy atom. The summed E-state index contributed by atoms with van der Waals surface area (Å²) in [4.78, 5) is 21.1. The van der Waals surface area contributed by atoms with Crippen LogP contribution in [0, 0.1) is 0 Å². The molecule has 0 spiro atoms. The number of allylic oxidation sites excluding steroid dienone is 1. The normalized spacial score (nSPS) is 16.9. The largest absolute Gasteiger partial charge is 0.479 e. The van der Waals surface area contributed by atoms with Crippen LogP contribution in [0.2, 0.25) is 0 Å². The molecule has 0 bridgehead atoms. The van der Waals surface area contributed by atoms with E-state index in [1.165, 1.54) is 21.0 Å². The standard InChI is InChI=1S/2C7H12O3/c1-5(2)7(3,9)6(8)10-4;1-4-5(2)7(3,10)6(8)9/h9H,1H2,2-4H3;4,10H,1-3H3,(H,8,9). The maximum Gasteiger partial charge on any atom is 0.341 e. The van der Waals surface area contributed by atoms with Crippen LogP contribution in [-0.4, -0.2) is 45.6 Å². The van der Waals surface area contributed by atoms with Crippen molar-refractivity contribution in [1.82, 2.24) is 0 Å². The Morgan fingerprint density at radius 1 is 1.15 bits per heavy atom. The van der Waals surface area contributed by atoms with E-state index in [1.54, 1.807) is 26.8 Å². The van der Waals surface area contributed by atoms with Crippen molar-refractivity contribution < 1.29 is 29.6 Å². The highest BCUT2D eigenvalue weighted by Gasteiger charge is 2.32. The van der Waals surface area contributed by atoms with Crippen LogP contribution in [0.3, 0.4) is 0 Å². The van der Waals surface area contributed by atoms with Crippen molar-refractivity contribution in [3.63, 3.8) is 0 Å². The van der Waals surface area contributed by atoms with Gasteiger partial charge in [0.05, 0.1) is 7.11 Å². The number of carbonyl (C=O) groups is 2. The first-order valence-corrected chi connectivity index (χ1v) is 5.91. The molecule has 0 aromatic carbocycles. The van der Waals surface area contributed by atoms with Crippen molar-refractivity contribution in [3.8, 4) is 0 Å². The molecular formula is C14H24O6. The van der Waals surface area contributed by atoms with Crippen molar-refractivity contribution >= 4 is 11.9 Å². The number of carboxylic acid groups (broad SMARTS) is 1. The number of hydrogen-bond donors (Lipinski definition) is 3. The molecule has 0 aromatic rings. The molecule has 0 aliphatic heterocycles. The number of esters is 1. The number of methoxy groups -OCH3 is 1. The third-order valence-corrected chi connectivity index (χ3v) is 3.03. The molecule has 0 saturated carbocycles. The summed E-state index contributed by atoms with van der Waals surface area (Å²) in [5.74, 6) is -1.90. The van der Waals surface area contributed by atoms with E-state index in [-0.39, 0.29) is 0 Å². The van der Waals surface area contributed by atoms with E-state index in [4.69, 9.17) is 5.11 Å². The van der Waals surface area contributed by atoms with Gasteiger partial charge in [0.15, 0.2) is 11.2 Å². The van der Waals surface area contributed by atoms with E-state index in [2.05, 4.69) is 11.3 Å². The predicted octanol–water partition coefficient (Wildman–Crippen LogP) is 1.27. The summed E-state index contributed by atoms with van der Waals surface area (Å²) in [6.45, 7) is 10.9. The van der Waals surface area contributed by atoms with Gasteiger partial charge in [0, 0.05) is 0 Å². The lowest BCUT2D eigenvalue weighted by atomic mass is 9.98. The lowest BCUT2D eigenvalue weighted by Gasteiger charge is -2.19. The molecule has 0 heterocycles. The van der Waals surface area contributed by atoms with Gasteiger partial charge in [-0.05, 0) is 45.8 Å². The zero-order valence-electron chi connectivity index (χ0n) is 12.9. The van der Waals surface area contributed by atoms with Gasteiger partial charge < -0.3 is 20.1 Å². The summed E-state index contributed by atoms with van der Waals surface area (Å²) >= 11 is 0. The second-order valence-corrected chi connectivity index (χ2v) is 4.69. The third-order valence-electron chi connectivity index (χ3n) is 3.03. The summed E-state index contributed by atoms with van der Waals surface area (Å²) in [5, 5.41) is 26.9. The minimum Gasteiger partial charge on any atom is -0.479 e. The smallest absolute Gasteiger partial charge is 0.341 e. The fraction of sp³-hybridized carbons (Fsp3) is 0.571. The second kappa shape index (κ2) is 7.81. The topological polar surface area (TPSA) is 104 Å². The van der Waals surface area contributed by atoms with Crippen molar-refractivity contribution in [3.05, 3.63) is 23.8 Å². The van der Waals surface area contributed by atoms with E-state index >= 15 is 0 Å². The molecule has 6 heteroatoms. The van der Waals surface area contributed by atoms with Gasteiger partial charge in [0.25, 0.3) is 0 Å². The lowest BCUT2D eigenvalue weighted by molar-refractivity contribution is -0.156. The Kier molecular flexibility index (Phi) is 8.07. The van der Waals surface area contributed by atoms with E-state index in [9.17, 15) is 19.8 Å². The number of ether oxygens (including phenoxy) is 1. The van der Waals surface area contributed by atoms with Crippen LogP contribution in [0.4, 0.5) is 0 Å². The maximum atomic E-state index is 10.7. The van der Waals surface area contributed by atoms with Crippen molar-refractivity contribution in [2.75, 3.05) is 7.11 Å². The monoisotopic (exact) mass is 288 g/mol. The Labute approximate surface area is 119 Å². The highest BCUT2D eigenvalue weighted by atomic mass is 16.5. The molecule has 116 valence electrons. The summed E-state index contributed by atoms with van der Waals surface area (Å²) in [6, 6.07) is 0. The number of carbonyl (C=O) groups excluding carboxylic acids is 1. The van der Waals surface area contributed by atoms with E-state index < -0.39 is 23.1 Å². The van der Waals surface area contributed by atoms with Crippen molar-refractivity contribution in [2.45, 2.75) is 45.8 Å². The number of hydrogen-bond acceptors (Lipinski definition) is 5. The molecular weight excluding hydrogens is 264 g/mol. The van der Waals surface area contributed by atoms with Gasteiger partial charge in [-0.1, -0.05) is 12.7 Å². The van der Waals surface area contributed by atoms with Crippen LogP contribution >= 0.6 is 0 Å². The summed E-state index contributed by atoms with van der Waals surface area (Å²) in [7, 11) is 1.22. The molecule has 0 aromatic heterocycles. The molecule has 0 rings (SSSR count). The fourth-order valence-electron chi connectivity index (χ4n) is 0.823. The van der Waals surface area contributed by atoms with Crippen LogP contribution < -0.4 is 0 Å². The lowest BCUT2D eigenvalue weighted by Crippen LogP contribution is -2.36. The van der Waals surface area contributed by atoms with Gasteiger partial charge in [-0.3, -0.25) is 0 Å². The van der Waals surface area contributed by atoms with Crippen LogP contribution in [0.1, 0.15) is 34.6 Å². The quantitative estimate of drug-likeness (QED) is 0.531. The molecule has 0 saturated heterocycles. The van der Waals surface area contributed by atoms with Gasteiger partial charge in [0.2, 0.25) is 0 Å². The van der Waals surface area contributed by atoms with Gasteiger partial charge in [0.1, 0.15) is 0 Å². The third kappa shape index (κ3) is 5.54. The SMILES string of the molecule is C=C(C)C(C)(O)C(=O)OC.CC=C(C)C(C)(O)C(=O)O. The Bertz CT molecular complexity index is 404. The molecule has 0 radical (unpaired) electrons. The average molecular weight is 288 g/mol. The second-order valence-electron chi connectivity index (χ2n) is 4.69. The predicted molar refractivity (Wildman–Crippen MR) is 75.1 cm³/mol. The Balaban J connectivity index is 0. The minimum atomic E-state index is -1.71. The van der Waals surface area contributed by atoms with Gasteiger partial charge >= 0.3 is 11.9 Å². The van der Waals surface area contributed by atoms with Crippen molar-refractivity contribution in [1.29, 1.82) is 0 Å². The minimum absolute atomic E-state index is 0.374. The molecule has 2 atom stereocenters. The average Bonchev–Trinajstić information content (AvgIpc) is 2.36. The summed E-state index contributed by atoms with van der Waals surface area (Å²) < 4.78 is 4.33. The summed E-state index contributed by atoms with van der Waals surface area (Å²) in [5.41, 5.74) is -2.44. The first-order valence-electron chi connectivity index (χ1n) is 5.91. The zero-order chi connectivity index (χ0) is 16.7. The molecule has 0 fully saturated rings. The van der Waals surface area contributed by atoms with Crippen LogP contribution in [0.5, 0.6) is 0 Å². The van der Waals surface area contributed by atoms with E-state index in [0.29, 0.717) is 11.1 Å². The first kappa shape index (κ1) is 20.7. The highest BCUT2D eigenvalue weighted by Crippen LogP contribution is 2.15. The molecule has 0 amide bonds. The van der Waals surface area contributed by atoms with Gasteiger partial charge in [-0.25, -0.2) is 9.59 Å². The zero-order valence-corrected chi connectivity index (χ0v) is 12.9. The van der Waals surface area contributed by atoms with Crippen molar-refractivity contribution in [2.24, 2.45) is 0 Å². The molecule has 2 unspecified atom stereocenters. The number of aliphatic hydroxyl groups is 2. The molecule has 3 N–H and O–H groups in total. The van der Waals surface area contributed by atoms with Gasteiger partial charge in [-0.2, -0.15) is 0 Å². The van der Waals surface area contributed by atoms with Crippen LogP contribution in [0.15, 0.2) is 23.8 Å². The molecule has 20 heavy (non-hydrogen) atoms. The Morgan fingerprint density at radius 3 is 1.65 bits per heavy atom. The maximum absolute atomic E-state index is 10.7.